The van der Waals surface area contributed by atoms with Crippen LogP contribution in [0.3, 0.4) is 0 Å². The van der Waals surface area contributed by atoms with Crippen molar-refractivity contribution in [3.8, 4) is 0 Å². The lowest BCUT2D eigenvalue weighted by Gasteiger charge is -2.24. The van der Waals surface area contributed by atoms with Gasteiger partial charge in [0.2, 0.25) is 0 Å². The monoisotopic (exact) mass is 228 g/mol. The van der Waals surface area contributed by atoms with E-state index in [1.165, 1.54) is 0 Å². The quantitative estimate of drug-likeness (QED) is 0.807. The maximum Gasteiger partial charge on any atom is 0.304 e. The molecule has 0 unspecified atom stereocenters. The van der Waals surface area contributed by atoms with Crippen LogP contribution in [-0.4, -0.2) is 33.5 Å². The van der Waals surface area contributed by atoms with Crippen molar-refractivity contribution >= 4 is 17.3 Å². The standard InChI is InChI=1S/C10H16N2O2S/c1-8(2)12(5-3-10(13)14)7-9-11-4-6-15-9/h4,6,8H,3,5,7H2,1-2H3,(H,13,14). The SMILES string of the molecule is CC(C)N(CCC(=O)O)Cc1nccs1. The normalized spacial score (nSPS) is 11.2. The average Bonchev–Trinajstić information content (AvgIpc) is 2.63. The number of hydrogen-bond acceptors (Lipinski definition) is 4. The van der Waals surface area contributed by atoms with Gasteiger partial charge in [0.25, 0.3) is 0 Å². The van der Waals surface area contributed by atoms with E-state index in [-0.39, 0.29) is 6.42 Å². The zero-order chi connectivity index (χ0) is 11.3. The van der Waals surface area contributed by atoms with Crippen LogP contribution in [0.25, 0.3) is 0 Å². The zero-order valence-electron chi connectivity index (χ0n) is 9.01. The van der Waals surface area contributed by atoms with Crippen LogP contribution in [0.15, 0.2) is 11.6 Å². The first-order valence-corrected chi connectivity index (χ1v) is 5.81. The lowest BCUT2D eigenvalue weighted by molar-refractivity contribution is -0.137. The first-order valence-electron chi connectivity index (χ1n) is 4.94. The Labute approximate surface area is 93.6 Å². The molecule has 4 nitrogen and oxygen atoms in total. The summed E-state index contributed by atoms with van der Waals surface area (Å²) in [5.41, 5.74) is 0. The van der Waals surface area contributed by atoms with Crippen molar-refractivity contribution in [3.05, 3.63) is 16.6 Å². The van der Waals surface area contributed by atoms with Gasteiger partial charge in [-0.25, -0.2) is 4.98 Å². The van der Waals surface area contributed by atoms with Gasteiger partial charge in [-0.2, -0.15) is 0 Å². The predicted octanol–water partition coefficient (Wildman–Crippen LogP) is 1.83. The number of nitrogens with zero attached hydrogens (tertiary/aromatic N) is 2. The summed E-state index contributed by atoms with van der Waals surface area (Å²) in [5.74, 6) is -0.750. The summed E-state index contributed by atoms with van der Waals surface area (Å²) >= 11 is 1.60. The van der Waals surface area contributed by atoms with E-state index in [0.717, 1.165) is 11.6 Å². The Morgan fingerprint density at radius 3 is 2.87 bits per heavy atom. The number of rotatable bonds is 6. The minimum Gasteiger partial charge on any atom is -0.481 e. The molecular formula is C10H16N2O2S. The molecule has 0 atom stereocenters. The largest absolute Gasteiger partial charge is 0.481 e. The van der Waals surface area contributed by atoms with Crippen LogP contribution in [0, 0.1) is 0 Å². The molecule has 0 saturated carbocycles. The third-order valence-electron chi connectivity index (χ3n) is 2.16. The highest BCUT2D eigenvalue weighted by atomic mass is 32.1. The Morgan fingerprint density at radius 2 is 2.40 bits per heavy atom. The van der Waals surface area contributed by atoms with E-state index in [2.05, 4.69) is 23.7 Å². The van der Waals surface area contributed by atoms with Crippen molar-refractivity contribution in [1.29, 1.82) is 0 Å². The number of thiazole rings is 1. The Morgan fingerprint density at radius 1 is 1.67 bits per heavy atom. The van der Waals surface area contributed by atoms with Crippen LogP contribution in [0.4, 0.5) is 0 Å². The summed E-state index contributed by atoms with van der Waals surface area (Å²) in [6.45, 7) is 5.44. The molecule has 1 heterocycles. The minimum atomic E-state index is -0.750. The van der Waals surface area contributed by atoms with E-state index in [9.17, 15) is 4.79 Å². The summed E-state index contributed by atoms with van der Waals surface area (Å²) in [6.07, 6.45) is 1.96. The van der Waals surface area contributed by atoms with Crippen LogP contribution in [0.2, 0.25) is 0 Å². The number of aliphatic carboxylic acids is 1. The molecule has 5 heteroatoms. The van der Waals surface area contributed by atoms with E-state index in [4.69, 9.17) is 5.11 Å². The molecule has 0 spiro atoms. The van der Waals surface area contributed by atoms with Crippen molar-refractivity contribution in [2.45, 2.75) is 32.9 Å². The van der Waals surface area contributed by atoms with Gasteiger partial charge in [-0.05, 0) is 13.8 Å². The van der Waals surface area contributed by atoms with E-state index >= 15 is 0 Å². The van der Waals surface area contributed by atoms with E-state index in [1.807, 2.05) is 5.38 Å². The van der Waals surface area contributed by atoms with Gasteiger partial charge >= 0.3 is 5.97 Å². The summed E-state index contributed by atoms with van der Waals surface area (Å²) in [6, 6.07) is 0.341. The van der Waals surface area contributed by atoms with Gasteiger partial charge in [0.15, 0.2) is 0 Å². The minimum absolute atomic E-state index is 0.184. The Bertz CT molecular complexity index is 298. The maximum atomic E-state index is 10.5. The second-order valence-electron chi connectivity index (χ2n) is 3.63. The Kier molecular flexibility index (Phi) is 4.71. The van der Waals surface area contributed by atoms with Crippen LogP contribution in [0.1, 0.15) is 25.3 Å². The molecule has 0 saturated heterocycles. The van der Waals surface area contributed by atoms with Crippen LogP contribution < -0.4 is 0 Å². The summed E-state index contributed by atoms with van der Waals surface area (Å²) in [4.78, 5) is 16.8. The van der Waals surface area contributed by atoms with Crippen molar-refractivity contribution in [1.82, 2.24) is 9.88 Å². The molecule has 84 valence electrons. The molecule has 0 radical (unpaired) electrons. The molecule has 1 aromatic heterocycles. The molecule has 0 aromatic carbocycles. The molecule has 0 aliphatic rings. The summed E-state index contributed by atoms with van der Waals surface area (Å²) in [7, 11) is 0. The Hall–Kier alpha value is -0.940. The molecule has 0 bridgehead atoms. The fraction of sp³-hybridized carbons (Fsp3) is 0.600. The maximum absolute atomic E-state index is 10.5. The number of carboxylic acid groups (broad SMARTS) is 1. The third kappa shape index (κ3) is 4.40. The van der Waals surface area contributed by atoms with Gasteiger partial charge in [-0.15, -0.1) is 11.3 Å². The van der Waals surface area contributed by atoms with Gasteiger partial charge in [-0.3, -0.25) is 9.69 Å². The third-order valence-corrected chi connectivity index (χ3v) is 2.93. The van der Waals surface area contributed by atoms with Gasteiger partial charge in [0.1, 0.15) is 5.01 Å². The highest BCUT2D eigenvalue weighted by Gasteiger charge is 2.12. The fourth-order valence-electron chi connectivity index (χ4n) is 1.26. The molecule has 0 fully saturated rings. The van der Waals surface area contributed by atoms with E-state index in [0.29, 0.717) is 12.6 Å². The smallest absolute Gasteiger partial charge is 0.304 e. The lowest BCUT2D eigenvalue weighted by Crippen LogP contribution is -2.32. The first-order chi connectivity index (χ1) is 7.09. The van der Waals surface area contributed by atoms with Gasteiger partial charge in [0, 0.05) is 24.2 Å². The summed E-state index contributed by atoms with van der Waals surface area (Å²) in [5, 5.41) is 11.6. The van der Waals surface area contributed by atoms with Crippen LogP contribution in [0.5, 0.6) is 0 Å². The van der Waals surface area contributed by atoms with Crippen LogP contribution >= 0.6 is 11.3 Å². The van der Waals surface area contributed by atoms with Crippen molar-refractivity contribution in [2.75, 3.05) is 6.54 Å². The number of aromatic nitrogens is 1. The number of hydrogen-bond donors (Lipinski definition) is 1. The highest BCUT2D eigenvalue weighted by Crippen LogP contribution is 2.11. The van der Waals surface area contributed by atoms with E-state index in [1.54, 1.807) is 17.5 Å². The molecular weight excluding hydrogens is 212 g/mol. The number of carbonyl (C=O) groups is 1. The average molecular weight is 228 g/mol. The van der Waals surface area contributed by atoms with Gasteiger partial charge in [0.05, 0.1) is 13.0 Å². The fourth-order valence-corrected chi connectivity index (χ4v) is 1.90. The predicted molar refractivity (Wildman–Crippen MR) is 59.9 cm³/mol. The molecule has 15 heavy (non-hydrogen) atoms. The zero-order valence-corrected chi connectivity index (χ0v) is 9.83. The van der Waals surface area contributed by atoms with Crippen molar-refractivity contribution in [3.63, 3.8) is 0 Å². The van der Waals surface area contributed by atoms with Crippen molar-refractivity contribution < 1.29 is 9.90 Å². The molecule has 0 amide bonds. The lowest BCUT2D eigenvalue weighted by atomic mass is 10.3. The first kappa shape index (κ1) is 12.1. The molecule has 0 aliphatic carbocycles. The molecule has 0 aliphatic heterocycles. The molecule has 1 rings (SSSR count). The van der Waals surface area contributed by atoms with Crippen LogP contribution in [-0.2, 0) is 11.3 Å². The second kappa shape index (κ2) is 5.82. The topological polar surface area (TPSA) is 53.4 Å². The molecule has 1 aromatic rings. The highest BCUT2D eigenvalue weighted by molar-refractivity contribution is 7.09. The second-order valence-corrected chi connectivity index (χ2v) is 4.61. The Balaban J connectivity index is 2.47. The number of carboxylic acids is 1. The van der Waals surface area contributed by atoms with Crippen molar-refractivity contribution in [2.24, 2.45) is 0 Å². The summed E-state index contributed by atoms with van der Waals surface area (Å²) < 4.78 is 0. The molecule has 1 N–H and O–H groups in total. The van der Waals surface area contributed by atoms with Gasteiger partial charge in [-0.1, -0.05) is 0 Å². The van der Waals surface area contributed by atoms with Gasteiger partial charge < -0.3 is 5.11 Å². The van der Waals surface area contributed by atoms with E-state index < -0.39 is 5.97 Å².